The maximum Gasteiger partial charge on any atom is 0.416 e. The second-order valence-corrected chi connectivity index (χ2v) is 6.71. The molecule has 2 aromatic rings. The molecule has 0 aliphatic carbocycles. The standard InChI is InChI=1S/C18H20F3N3/c19-18(20,21)14-5-6-16-13(11-14)4-7-17(22-16)24-10-9-23-8-2-1-3-15(23)12-24/h4-7,11,15H,1-3,8-10,12H2/t15-/m1/s1. The lowest BCUT2D eigenvalue weighted by Gasteiger charge is -2.44. The van der Waals surface area contributed by atoms with Crippen LogP contribution in [-0.2, 0) is 6.18 Å². The Morgan fingerprint density at radius 2 is 1.88 bits per heavy atom. The fraction of sp³-hybridized carbons (Fsp3) is 0.500. The molecule has 0 bridgehead atoms. The molecule has 6 heteroatoms. The number of piperidine rings is 1. The molecule has 3 nitrogen and oxygen atoms in total. The molecule has 24 heavy (non-hydrogen) atoms. The van der Waals surface area contributed by atoms with Crippen LogP contribution in [0.25, 0.3) is 10.9 Å². The third-order valence-electron chi connectivity index (χ3n) is 5.16. The fourth-order valence-electron chi connectivity index (χ4n) is 3.83. The van der Waals surface area contributed by atoms with Crippen LogP contribution in [-0.4, -0.2) is 42.1 Å². The van der Waals surface area contributed by atoms with Gasteiger partial charge in [-0.25, -0.2) is 4.98 Å². The van der Waals surface area contributed by atoms with Gasteiger partial charge in [0.1, 0.15) is 5.82 Å². The molecule has 2 saturated heterocycles. The predicted octanol–water partition coefficient (Wildman–Crippen LogP) is 3.93. The molecule has 2 aliphatic heterocycles. The smallest absolute Gasteiger partial charge is 0.354 e. The number of hydrogen-bond donors (Lipinski definition) is 0. The molecule has 4 rings (SSSR count). The van der Waals surface area contributed by atoms with Crippen LogP contribution in [0.15, 0.2) is 30.3 Å². The maximum atomic E-state index is 12.8. The summed E-state index contributed by atoms with van der Waals surface area (Å²) in [6.45, 7) is 4.11. The highest BCUT2D eigenvalue weighted by atomic mass is 19.4. The summed E-state index contributed by atoms with van der Waals surface area (Å²) in [6, 6.07) is 7.93. The number of piperazine rings is 1. The Hall–Kier alpha value is -1.82. The Bertz CT molecular complexity index is 744. The lowest BCUT2D eigenvalue weighted by Crippen LogP contribution is -2.55. The van der Waals surface area contributed by atoms with E-state index in [1.807, 2.05) is 6.07 Å². The summed E-state index contributed by atoms with van der Waals surface area (Å²) < 4.78 is 38.4. The van der Waals surface area contributed by atoms with Crippen molar-refractivity contribution in [1.82, 2.24) is 9.88 Å². The van der Waals surface area contributed by atoms with Crippen molar-refractivity contribution in [2.45, 2.75) is 31.5 Å². The van der Waals surface area contributed by atoms with Crippen LogP contribution in [0.5, 0.6) is 0 Å². The third kappa shape index (κ3) is 2.95. The first-order valence-electron chi connectivity index (χ1n) is 8.48. The minimum Gasteiger partial charge on any atom is -0.354 e. The van der Waals surface area contributed by atoms with Gasteiger partial charge in [-0.3, -0.25) is 4.90 Å². The van der Waals surface area contributed by atoms with Crippen LogP contribution in [0.3, 0.4) is 0 Å². The molecule has 0 amide bonds. The van der Waals surface area contributed by atoms with Gasteiger partial charge in [0.15, 0.2) is 0 Å². The molecule has 2 aliphatic rings. The molecule has 1 aromatic heterocycles. The van der Waals surface area contributed by atoms with E-state index < -0.39 is 11.7 Å². The highest BCUT2D eigenvalue weighted by Crippen LogP contribution is 2.32. The van der Waals surface area contributed by atoms with Crippen LogP contribution in [0.4, 0.5) is 19.0 Å². The monoisotopic (exact) mass is 335 g/mol. The molecular weight excluding hydrogens is 315 g/mol. The van der Waals surface area contributed by atoms with Crippen LogP contribution < -0.4 is 4.90 Å². The normalized spacial score (nSPS) is 22.6. The van der Waals surface area contributed by atoms with Crippen LogP contribution in [0.1, 0.15) is 24.8 Å². The second-order valence-electron chi connectivity index (χ2n) is 6.71. The van der Waals surface area contributed by atoms with Crippen molar-refractivity contribution in [2.75, 3.05) is 31.1 Å². The summed E-state index contributed by atoms with van der Waals surface area (Å²) in [7, 11) is 0. The van der Waals surface area contributed by atoms with Crippen molar-refractivity contribution in [2.24, 2.45) is 0 Å². The molecule has 1 aromatic carbocycles. The number of nitrogens with zero attached hydrogens (tertiary/aromatic N) is 3. The van der Waals surface area contributed by atoms with Gasteiger partial charge >= 0.3 is 6.18 Å². The molecule has 1 atom stereocenters. The first-order valence-corrected chi connectivity index (χ1v) is 8.48. The summed E-state index contributed by atoms with van der Waals surface area (Å²) in [5, 5.41) is 0.532. The van der Waals surface area contributed by atoms with Crippen molar-refractivity contribution in [3.05, 3.63) is 35.9 Å². The zero-order valence-corrected chi connectivity index (χ0v) is 13.4. The quantitative estimate of drug-likeness (QED) is 0.787. The van der Waals surface area contributed by atoms with Gasteiger partial charge in [-0.2, -0.15) is 13.2 Å². The Labute approximate surface area is 139 Å². The molecule has 128 valence electrons. The largest absolute Gasteiger partial charge is 0.416 e. The lowest BCUT2D eigenvalue weighted by molar-refractivity contribution is -0.137. The summed E-state index contributed by atoms with van der Waals surface area (Å²) in [6.07, 6.45) is -0.532. The zero-order chi connectivity index (χ0) is 16.7. The van der Waals surface area contributed by atoms with E-state index in [1.165, 1.54) is 37.9 Å². The predicted molar refractivity (Wildman–Crippen MR) is 88.2 cm³/mol. The van der Waals surface area contributed by atoms with Gasteiger partial charge < -0.3 is 4.90 Å². The van der Waals surface area contributed by atoms with E-state index in [0.29, 0.717) is 16.9 Å². The fourth-order valence-corrected chi connectivity index (χ4v) is 3.83. The molecule has 0 saturated carbocycles. The number of rotatable bonds is 1. The first kappa shape index (κ1) is 15.7. The number of fused-ring (bicyclic) bond motifs is 2. The van der Waals surface area contributed by atoms with Crippen molar-refractivity contribution in [3.63, 3.8) is 0 Å². The topological polar surface area (TPSA) is 19.4 Å². The van der Waals surface area contributed by atoms with Gasteiger partial charge in [0.2, 0.25) is 0 Å². The van der Waals surface area contributed by atoms with Gasteiger partial charge in [-0.15, -0.1) is 0 Å². The van der Waals surface area contributed by atoms with E-state index in [-0.39, 0.29) is 0 Å². The van der Waals surface area contributed by atoms with E-state index in [0.717, 1.165) is 31.5 Å². The number of pyridine rings is 1. The van der Waals surface area contributed by atoms with E-state index in [9.17, 15) is 13.2 Å². The first-order chi connectivity index (χ1) is 11.5. The van der Waals surface area contributed by atoms with Crippen LogP contribution >= 0.6 is 0 Å². The minimum atomic E-state index is -4.32. The molecule has 0 unspecified atom stereocenters. The average Bonchev–Trinajstić information content (AvgIpc) is 2.59. The number of aromatic nitrogens is 1. The van der Waals surface area contributed by atoms with Crippen molar-refractivity contribution >= 4 is 16.7 Å². The molecule has 0 spiro atoms. The Morgan fingerprint density at radius 3 is 2.71 bits per heavy atom. The van der Waals surface area contributed by atoms with E-state index in [2.05, 4.69) is 14.8 Å². The van der Waals surface area contributed by atoms with Gasteiger partial charge in [0.25, 0.3) is 0 Å². The van der Waals surface area contributed by atoms with Crippen molar-refractivity contribution in [1.29, 1.82) is 0 Å². The highest BCUT2D eigenvalue weighted by molar-refractivity contribution is 5.81. The average molecular weight is 335 g/mol. The van der Waals surface area contributed by atoms with E-state index in [4.69, 9.17) is 0 Å². The van der Waals surface area contributed by atoms with E-state index in [1.54, 1.807) is 6.07 Å². The maximum absolute atomic E-state index is 12.8. The van der Waals surface area contributed by atoms with Gasteiger partial charge in [-0.1, -0.05) is 6.42 Å². The summed E-state index contributed by atoms with van der Waals surface area (Å²) in [4.78, 5) is 9.42. The van der Waals surface area contributed by atoms with Crippen LogP contribution in [0.2, 0.25) is 0 Å². The summed E-state index contributed by atoms with van der Waals surface area (Å²) >= 11 is 0. The number of hydrogen-bond acceptors (Lipinski definition) is 3. The highest BCUT2D eigenvalue weighted by Gasteiger charge is 2.31. The molecule has 0 radical (unpaired) electrons. The van der Waals surface area contributed by atoms with Gasteiger partial charge in [-0.05, 0) is 49.7 Å². The van der Waals surface area contributed by atoms with E-state index >= 15 is 0 Å². The number of halogens is 3. The minimum absolute atomic E-state index is 0.532. The SMILES string of the molecule is FC(F)(F)c1ccc2nc(N3CCN4CCCC[C@@H]4C3)ccc2c1. The van der Waals surface area contributed by atoms with Crippen molar-refractivity contribution in [3.8, 4) is 0 Å². The molecule has 0 N–H and O–H groups in total. The Morgan fingerprint density at radius 1 is 1.00 bits per heavy atom. The summed E-state index contributed by atoms with van der Waals surface area (Å²) in [5.74, 6) is 0.868. The zero-order valence-electron chi connectivity index (χ0n) is 13.4. The number of benzene rings is 1. The Kier molecular flexibility index (Phi) is 3.87. The number of alkyl halides is 3. The van der Waals surface area contributed by atoms with Gasteiger partial charge in [0.05, 0.1) is 11.1 Å². The molecular formula is C18H20F3N3. The molecule has 2 fully saturated rings. The summed E-state index contributed by atoms with van der Waals surface area (Å²) in [5.41, 5.74) is -0.00746. The Balaban J connectivity index is 1.59. The second kappa shape index (κ2) is 5.92. The van der Waals surface area contributed by atoms with Gasteiger partial charge in [0, 0.05) is 31.1 Å². The lowest BCUT2D eigenvalue weighted by atomic mass is 9.99. The third-order valence-corrected chi connectivity index (χ3v) is 5.16. The van der Waals surface area contributed by atoms with Crippen molar-refractivity contribution < 1.29 is 13.2 Å². The number of anilines is 1. The molecule has 3 heterocycles. The van der Waals surface area contributed by atoms with Crippen LogP contribution in [0, 0.1) is 0 Å².